The van der Waals surface area contributed by atoms with E-state index in [4.69, 9.17) is 4.74 Å². The minimum atomic E-state index is -0.557. The third kappa shape index (κ3) is 4.30. The Bertz CT molecular complexity index is 542. The number of likely N-dealkylation sites (tertiary alicyclic amines) is 1. The summed E-state index contributed by atoms with van der Waals surface area (Å²) in [6.07, 6.45) is 6.60. The quantitative estimate of drug-likeness (QED) is 0.783. The third-order valence-corrected chi connectivity index (χ3v) is 4.88. The van der Waals surface area contributed by atoms with Crippen molar-refractivity contribution in [1.82, 2.24) is 9.88 Å². The second kappa shape index (κ2) is 7.57. The molecule has 1 aliphatic heterocycles. The molecule has 5 heteroatoms. The Hall–Kier alpha value is -1.91. The van der Waals surface area contributed by atoms with Crippen molar-refractivity contribution < 1.29 is 14.3 Å². The van der Waals surface area contributed by atoms with Crippen molar-refractivity contribution in [3.8, 4) is 0 Å². The van der Waals surface area contributed by atoms with E-state index in [0.717, 1.165) is 31.4 Å². The highest BCUT2D eigenvalue weighted by molar-refractivity contribution is 5.78. The van der Waals surface area contributed by atoms with Crippen molar-refractivity contribution in [3.63, 3.8) is 0 Å². The summed E-state index contributed by atoms with van der Waals surface area (Å²) >= 11 is 0. The average Bonchev–Trinajstić information content (AvgIpc) is 2.59. The maximum Gasteiger partial charge on any atom is 0.311 e. The van der Waals surface area contributed by atoms with Gasteiger partial charge in [0.15, 0.2) is 0 Å². The molecule has 5 nitrogen and oxygen atoms in total. The molecule has 0 bridgehead atoms. The van der Waals surface area contributed by atoms with Gasteiger partial charge in [0.2, 0.25) is 5.91 Å². The van der Waals surface area contributed by atoms with Gasteiger partial charge in [-0.3, -0.25) is 14.6 Å². The highest BCUT2D eigenvalue weighted by atomic mass is 16.5. The number of carbonyl (C=O) groups is 2. The summed E-state index contributed by atoms with van der Waals surface area (Å²) in [4.78, 5) is 30.4. The lowest BCUT2D eigenvalue weighted by Crippen LogP contribution is -2.47. The normalized spacial score (nSPS) is 18.6. The van der Waals surface area contributed by atoms with Gasteiger partial charge in [0.05, 0.1) is 12.5 Å². The number of aryl methyl sites for hydroxylation is 1. The number of aromatic nitrogens is 1. The summed E-state index contributed by atoms with van der Waals surface area (Å²) in [6.45, 7) is 5.24. The van der Waals surface area contributed by atoms with E-state index in [1.807, 2.05) is 30.9 Å². The van der Waals surface area contributed by atoms with Crippen LogP contribution in [0.25, 0.3) is 0 Å². The number of rotatable bonds is 5. The molecule has 0 radical (unpaired) electrons. The van der Waals surface area contributed by atoms with E-state index in [-0.39, 0.29) is 17.8 Å². The summed E-state index contributed by atoms with van der Waals surface area (Å²) in [6, 6.07) is 3.87. The van der Waals surface area contributed by atoms with Gasteiger partial charge in [-0.15, -0.1) is 0 Å². The van der Waals surface area contributed by atoms with Gasteiger partial charge in [-0.1, -0.05) is 0 Å². The summed E-state index contributed by atoms with van der Waals surface area (Å²) in [5.41, 5.74) is 0.565. The number of piperidine rings is 1. The second-order valence-corrected chi connectivity index (χ2v) is 6.75. The molecular formula is C18H26N2O3. The zero-order chi connectivity index (χ0) is 16.9. The maximum atomic E-state index is 12.5. The predicted octanol–water partition coefficient (Wildman–Crippen LogP) is 2.45. The van der Waals surface area contributed by atoms with Crippen LogP contribution in [0.5, 0.6) is 0 Å². The van der Waals surface area contributed by atoms with Crippen molar-refractivity contribution in [1.29, 1.82) is 0 Å². The lowest BCUT2D eigenvalue weighted by Gasteiger charge is -2.39. The number of esters is 1. The van der Waals surface area contributed by atoms with E-state index in [0.29, 0.717) is 13.0 Å². The Morgan fingerprint density at radius 1 is 1.35 bits per heavy atom. The molecule has 0 unspecified atom stereocenters. The molecule has 1 atom stereocenters. The number of ether oxygens (including phenoxy) is 1. The lowest BCUT2D eigenvalue weighted by atomic mass is 9.74. The van der Waals surface area contributed by atoms with Gasteiger partial charge in [-0.2, -0.15) is 0 Å². The number of carbonyl (C=O) groups excluding carboxylic acids is 2. The van der Waals surface area contributed by atoms with Crippen LogP contribution in [0.3, 0.4) is 0 Å². The first-order valence-corrected chi connectivity index (χ1v) is 8.20. The van der Waals surface area contributed by atoms with Gasteiger partial charge in [-0.05, 0) is 56.7 Å². The molecule has 1 aromatic heterocycles. The van der Waals surface area contributed by atoms with E-state index < -0.39 is 5.41 Å². The molecule has 2 rings (SSSR count). The zero-order valence-corrected chi connectivity index (χ0v) is 14.2. The molecule has 1 saturated heterocycles. The van der Waals surface area contributed by atoms with Gasteiger partial charge >= 0.3 is 5.97 Å². The van der Waals surface area contributed by atoms with Crippen LogP contribution in [0.15, 0.2) is 24.5 Å². The summed E-state index contributed by atoms with van der Waals surface area (Å²) in [5, 5.41) is 0. The highest BCUT2D eigenvalue weighted by Gasteiger charge is 2.40. The van der Waals surface area contributed by atoms with Gasteiger partial charge in [0.1, 0.15) is 0 Å². The number of hydrogen-bond acceptors (Lipinski definition) is 4. The molecule has 2 heterocycles. The number of pyridine rings is 1. The molecule has 0 aliphatic carbocycles. The fourth-order valence-corrected chi connectivity index (χ4v) is 3.18. The molecule has 0 N–H and O–H groups in total. The van der Waals surface area contributed by atoms with Crippen molar-refractivity contribution in [2.24, 2.45) is 11.3 Å². The number of nitrogens with zero attached hydrogens (tertiary/aromatic N) is 2. The Kier molecular flexibility index (Phi) is 5.74. The van der Waals surface area contributed by atoms with Gasteiger partial charge < -0.3 is 9.64 Å². The topological polar surface area (TPSA) is 59.5 Å². The maximum absolute atomic E-state index is 12.5. The van der Waals surface area contributed by atoms with E-state index in [1.165, 1.54) is 7.11 Å². The first-order chi connectivity index (χ1) is 10.9. The summed E-state index contributed by atoms with van der Waals surface area (Å²) in [5.74, 6) is 0.106. The van der Waals surface area contributed by atoms with Crippen LogP contribution in [-0.2, 0) is 20.7 Å². The monoisotopic (exact) mass is 318 g/mol. The van der Waals surface area contributed by atoms with Crippen molar-refractivity contribution in [2.45, 2.75) is 39.5 Å². The molecule has 0 saturated carbocycles. The average molecular weight is 318 g/mol. The molecule has 1 aromatic rings. The van der Waals surface area contributed by atoms with Crippen LogP contribution >= 0.6 is 0 Å². The largest absolute Gasteiger partial charge is 0.469 e. The van der Waals surface area contributed by atoms with Crippen LogP contribution in [0.2, 0.25) is 0 Å². The SMILES string of the molecule is COC(=O)C(C)(C)[C@H]1CCCN(C(=O)CCc2ccncc2)C1. The zero-order valence-electron chi connectivity index (χ0n) is 14.2. The van der Waals surface area contributed by atoms with Crippen LogP contribution in [0.4, 0.5) is 0 Å². The smallest absolute Gasteiger partial charge is 0.311 e. The van der Waals surface area contributed by atoms with Gasteiger partial charge in [0.25, 0.3) is 0 Å². The van der Waals surface area contributed by atoms with Crippen LogP contribution in [-0.4, -0.2) is 42.0 Å². The fraction of sp³-hybridized carbons (Fsp3) is 0.611. The molecular weight excluding hydrogens is 292 g/mol. The molecule has 126 valence electrons. The first-order valence-electron chi connectivity index (χ1n) is 8.20. The van der Waals surface area contributed by atoms with Crippen molar-refractivity contribution in [3.05, 3.63) is 30.1 Å². The van der Waals surface area contributed by atoms with Gasteiger partial charge in [0, 0.05) is 31.9 Å². The van der Waals surface area contributed by atoms with Crippen molar-refractivity contribution in [2.75, 3.05) is 20.2 Å². The van der Waals surface area contributed by atoms with Crippen LogP contribution in [0, 0.1) is 11.3 Å². The Morgan fingerprint density at radius 3 is 2.70 bits per heavy atom. The number of hydrogen-bond donors (Lipinski definition) is 0. The number of methoxy groups -OCH3 is 1. The standard InChI is InChI=1S/C18H26N2O3/c1-18(2,17(22)23-3)15-5-4-12-20(13-15)16(21)7-6-14-8-10-19-11-9-14/h8-11,15H,4-7,12-13H2,1-3H3/t15-/m0/s1. The predicted molar refractivity (Wildman–Crippen MR) is 87.7 cm³/mol. The molecule has 0 spiro atoms. The third-order valence-electron chi connectivity index (χ3n) is 4.88. The Morgan fingerprint density at radius 2 is 2.04 bits per heavy atom. The van der Waals surface area contributed by atoms with E-state index in [9.17, 15) is 9.59 Å². The first kappa shape index (κ1) is 17.4. The van der Waals surface area contributed by atoms with Crippen LogP contribution < -0.4 is 0 Å². The van der Waals surface area contributed by atoms with E-state index in [2.05, 4.69) is 4.98 Å². The minimum absolute atomic E-state index is 0.147. The summed E-state index contributed by atoms with van der Waals surface area (Å²) < 4.78 is 4.92. The van der Waals surface area contributed by atoms with E-state index in [1.54, 1.807) is 12.4 Å². The minimum Gasteiger partial charge on any atom is -0.469 e. The molecule has 0 aromatic carbocycles. The van der Waals surface area contributed by atoms with Gasteiger partial charge in [-0.25, -0.2) is 0 Å². The fourth-order valence-electron chi connectivity index (χ4n) is 3.18. The lowest BCUT2D eigenvalue weighted by molar-refractivity contribution is -0.156. The van der Waals surface area contributed by atoms with E-state index >= 15 is 0 Å². The molecule has 23 heavy (non-hydrogen) atoms. The van der Waals surface area contributed by atoms with Crippen LogP contribution in [0.1, 0.15) is 38.7 Å². The van der Waals surface area contributed by atoms with Crippen molar-refractivity contribution >= 4 is 11.9 Å². The Labute approximate surface area is 138 Å². The highest BCUT2D eigenvalue weighted by Crippen LogP contribution is 2.35. The Balaban J connectivity index is 1.92. The second-order valence-electron chi connectivity index (χ2n) is 6.75. The molecule has 1 fully saturated rings. The molecule has 1 aliphatic rings. The number of amides is 1. The molecule has 1 amide bonds. The summed E-state index contributed by atoms with van der Waals surface area (Å²) in [7, 11) is 1.42.